The second-order valence-electron chi connectivity index (χ2n) is 7.19. The maximum Gasteiger partial charge on any atom is 0.317 e. The van der Waals surface area contributed by atoms with E-state index >= 15 is 0 Å². The highest BCUT2D eigenvalue weighted by atomic mass is 16.2. The first-order valence-corrected chi connectivity index (χ1v) is 9.26. The van der Waals surface area contributed by atoms with Crippen LogP contribution in [0.1, 0.15) is 38.5 Å². The molecule has 1 saturated carbocycles. The van der Waals surface area contributed by atoms with Crippen molar-refractivity contribution in [1.82, 2.24) is 30.1 Å². The van der Waals surface area contributed by atoms with Crippen molar-refractivity contribution in [1.29, 1.82) is 0 Å². The Morgan fingerprint density at radius 2 is 2.20 bits per heavy atom. The van der Waals surface area contributed by atoms with E-state index in [1.54, 1.807) is 29.0 Å². The summed E-state index contributed by atoms with van der Waals surface area (Å²) in [5, 5.41) is 10.6. The van der Waals surface area contributed by atoms with E-state index in [1.807, 2.05) is 0 Å². The van der Waals surface area contributed by atoms with Gasteiger partial charge < -0.3 is 15.1 Å². The van der Waals surface area contributed by atoms with Gasteiger partial charge in [-0.15, -0.1) is 5.10 Å². The third-order valence-electron chi connectivity index (χ3n) is 5.19. The minimum atomic E-state index is -0.0784. The highest BCUT2D eigenvalue weighted by Gasteiger charge is 2.36. The molecule has 2 aliphatic rings. The summed E-state index contributed by atoms with van der Waals surface area (Å²) in [6.45, 7) is 2.76. The molecule has 0 spiro atoms. The summed E-state index contributed by atoms with van der Waals surface area (Å²) in [7, 11) is 1.80. The lowest BCUT2D eigenvalue weighted by Crippen LogP contribution is -2.41. The van der Waals surface area contributed by atoms with Gasteiger partial charge in [-0.1, -0.05) is 18.1 Å². The van der Waals surface area contributed by atoms with E-state index in [-0.39, 0.29) is 17.9 Å². The van der Waals surface area contributed by atoms with Crippen molar-refractivity contribution in [3.63, 3.8) is 0 Å². The van der Waals surface area contributed by atoms with Crippen molar-refractivity contribution in [2.45, 2.75) is 51.1 Å². The molecule has 1 unspecified atom stereocenters. The Morgan fingerprint density at radius 1 is 1.40 bits per heavy atom. The van der Waals surface area contributed by atoms with Crippen molar-refractivity contribution >= 4 is 11.9 Å². The van der Waals surface area contributed by atoms with E-state index in [2.05, 4.69) is 20.5 Å². The van der Waals surface area contributed by atoms with E-state index in [1.165, 1.54) is 12.8 Å². The topological polar surface area (TPSA) is 83.4 Å². The summed E-state index contributed by atoms with van der Waals surface area (Å²) < 4.78 is 1.75. The van der Waals surface area contributed by atoms with Crippen molar-refractivity contribution in [3.05, 3.63) is 12.4 Å². The van der Waals surface area contributed by atoms with Gasteiger partial charge in [-0.2, -0.15) is 0 Å². The van der Waals surface area contributed by atoms with Crippen LogP contribution in [0.5, 0.6) is 0 Å². The number of urea groups is 1. The Kier molecular flexibility index (Phi) is 5.88. The molecule has 1 aromatic rings. The van der Waals surface area contributed by atoms with Gasteiger partial charge in [0.15, 0.2) is 0 Å². The highest BCUT2D eigenvalue weighted by Crippen LogP contribution is 2.29. The summed E-state index contributed by atoms with van der Waals surface area (Å²) in [5.74, 6) is 0.512. The number of amides is 3. The van der Waals surface area contributed by atoms with Gasteiger partial charge in [-0.3, -0.25) is 9.48 Å². The van der Waals surface area contributed by atoms with Crippen LogP contribution in [-0.2, 0) is 11.3 Å². The predicted molar refractivity (Wildman–Crippen MR) is 92.7 cm³/mol. The van der Waals surface area contributed by atoms with E-state index in [9.17, 15) is 9.59 Å². The summed E-state index contributed by atoms with van der Waals surface area (Å²) in [4.78, 5) is 28.2. The monoisotopic (exact) mass is 348 g/mol. The molecule has 138 valence electrons. The number of carbonyl (C=O) groups is 2. The lowest BCUT2D eigenvalue weighted by atomic mass is 10.1. The van der Waals surface area contributed by atoms with Gasteiger partial charge in [0, 0.05) is 57.8 Å². The smallest absolute Gasteiger partial charge is 0.317 e. The lowest BCUT2D eigenvalue weighted by molar-refractivity contribution is -0.129. The molecule has 2 fully saturated rings. The predicted octanol–water partition coefficient (Wildman–Crippen LogP) is 1.10. The fourth-order valence-corrected chi connectivity index (χ4v) is 3.89. The number of likely N-dealkylation sites (tertiary alicyclic amines) is 1. The number of aryl methyl sites for hydroxylation is 1. The molecule has 0 radical (unpaired) electrons. The largest absolute Gasteiger partial charge is 0.339 e. The molecule has 3 amide bonds. The van der Waals surface area contributed by atoms with Crippen LogP contribution in [-0.4, -0.2) is 69.5 Å². The zero-order valence-electron chi connectivity index (χ0n) is 14.9. The molecule has 1 atom stereocenters. The summed E-state index contributed by atoms with van der Waals surface area (Å²) in [6, 6.07) is 0.360. The number of hydrogen-bond donors (Lipinski definition) is 1. The quantitative estimate of drug-likeness (QED) is 0.748. The van der Waals surface area contributed by atoms with Crippen molar-refractivity contribution in [3.8, 4) is 0 Å². The van der Waals surface area contributed by atoms with Crippen LogP contribution in [0.4, 0.5) is 4.79 Å². The molecule has 1 aliphatic heterocycles. The normalized spacial score (nSPS) is 21.1. The Hall–Kier alpha value is -2.12. The average Bonchev–Trinajstić information content (AvgIpc) is 3.33. The van der Waals surface area contributed by atoms with Crippen LogP contribution in [0.25, 0.3) is 0 Å². The summed E-state index contributed by atoms with van der Waals surface area (Å²) >= 11 is 0. The van der Waals surface area contributed by atoms with Crippen molar-refractivity contribution < 1.29 is 9.59 Å². The first-order valence-electron chi connectivity index (χ1n) is 9.26. The highest BCUT2D eigenvalue weighted by molar-refractivity contribution is 5.79. The molecule has 1 aliphatic carbocycles. The third-order valence-corrected chi connectivity index (χ3v) is 5.19. The van der Waals surface area contributed by atoms with Gasteiger partial charge in [0.2, 0.25) is 5.91 Å². The van der Waals surface area contributed by atoms with E-state index in [0.717, 1.165) is 32.4 Å². The first-order chi connectivity index (χ1) is 12.1. The molecule has 3 rings (SSSR count). The summed E-state index contributed by atoms with van der Waals surface area (Å²) in [6.07, 6.45) is 9.57. The maximum atomic E-state index is 12.2. The van der Waals surface area contributed by atoms with Gasteiger partial charge in [0.05, 0.1) is 6.20 Å². The van der Waals surface area contributed by atoms with Gasteiger partial charge >= 0.3 is 6.03 Å². The number of aromatic nitrogens is 3. The van der Waals surface area contributed by atoms with Gasteiger partial charge in [-0.05, 0) is 19.3 Å². The van der Waals surface area contributed by atoms with Crippen LogP contribution in [0.15, 0.2) is 12.4 Å². The molecule has 1 aromatic heterocycles. The Morgan fingerprint density at radius 3 is 2.92 bits per heavy atom. The van der Waals surface area contributed by atoms with Gasteiger partial charge in [-0.25, -0.2) is 4.79 Å². The number of nitrogens with one attached hydrogen (secondary N) is 1. The van der Waals surface area contributed by atoms with E-state index < -0.39 is 0 Å². The Balaban J connectivity index is 1.35. The van der Waals surface area contributed by atoms with Gasteiger partial charge in [0.25, 0.3) is 0 Å². The van der Waals surface area contributed by atoms with Crippen LogP contribution in [0.2, 0.25) is 0 Å². The van der Waals surface area contributed by atoms with Crippen LogP contribution in [0.3, 0.4) is 0 Å². The van der Waals surface area contributed by atoms with Crippen LogP contribution < -0.4 is 5.32 Å². The molecule has 25 heavy (non-hydrogen) atoms. The Labute approximate surface area is 148 Å². The molecule has 8 nitrogen and oxygen atoms in total. The van der Waals surface area contributed by atoms with E-state index in [0.29, 0.717) is 25.6 Å². The number of hydrogen-bond acceptors (Lipinski definition) is 4. The minimum absolute atomic E-state index is 0.0784. The zero-order chi connectivity index (χ0) is 17.6. The molecule has 0 bridgehead atoms. The third kappa shape index (κ3) is 4.70. The second kappa shape index (κ2) is 8.31. The SMILES string of the molecule is CN(CC1CC(=O)N(C2CCCC2)C1)C(=O)NCCCn1ccnn1. The zero-order valence-corrected chi connectivity index (χ0v) is 14.9. The molecule has 1 N–H and O–H groups in total. The Bertz CT molecular complexity index is 570. The molecule has 0 aromatic carbocycles. The maximum absolute atomic E-state index is 12.2. The first kappa shape index (κ1) is 17.7. The standard InChI is InChI=1S/C17H28N6O2/c1-21(17(25)18-7-4-9-22-10-8-19-20-22)12-14-11-16(24)23(13-14)15-5-2-3-6-15/h8,10,14-15H,2-7,9,11-13H2,1H3,(H,18,25). The fraction of sp³-hybridized carbons (Fsp3) is 0.765. The minimum Gasteiger partial charge on any atom is -0.339 e. The molecular weight excluding hydrogens is 320 g/mol. The lowest BCUT2D eigenvalue weighted by Gasteiger charge is -2.25. The molecular formula is C17H28N6O2. The van der Waals surface area contributed by atoms with E-state index in [4.69, 9.17) is 0 Å². The van der Waals surface area contributed by atoms with Crippen LogP contribution in [0, 0.1) is 5.92 Å². The van der Waals surface area contributed by atoms with Crippen molar-refractivity contribution in [2.75, 3.05) is 26.7 Å². The van der Waals surface area contributed by atoms with Gasteiger partial charge in [0.1, 0.15) is 0 Å². The molecule has 1 saturated heterocycles. The average molecular weight is 348 g/mol. The number of carbonyl (C=O) groups excluding carboxylic acids is 2. The summed E-state index contributed by atoms with van der Waals surface area (Å²) in [5.41, 5.74) is 0. The molecule has 2 heterocycles. The second-order valence-corrected chi connectivity index (χ2v) is 7.19. The number of rotatable bonds is 7. The number of nitrogens with zero attached hydrogens (tertiary/aromatic N) is 5. The fourth-order valence-electron chi connectivity index (χ4n) is 3.89. The molecule has 8 heteroatoms. The van der Waals surface area contributed by atoms with Crippen LogP contribution >= 0.6 is 0 Å². The van der Waals surface area contributed by atoms with Crippen molar-refractivity contribution in [2.24, 2.45) is 5.92 Å².